The van der Waals surface area contributed by atoms with Crippen LogP contribution in [0.4, 0.5) is 5.69 Å². The Morgan fingerprint density at radius 3 is 2.75 bits per heavy atom. The molecule has 0 aliphatic heterocycles. The zero-order valence-corrected chi connectivity index (χ0v) is 11.6. The Balaban J connectivity index is 2.84. The van der Waals surface area contributed by atoms with E-state index in [1.54, 1.807) is 6.07 Å². The molecule has 1 aromatic carbocycles. The number of hydrazine groups is 1. The minimum atomic E-state index is -0.519. The number of amides is 1. The lowest BCUT2D eigenvalue weighted by atomic mass is 10.1. The molecule has 0 fully saturated rings. The van der Waals surface area contributed by atoms with Gasteiger partial charge in [0.05, 0.1) is 18.0 Å². The van der Waals surface area contributed by atoms with E-state index in [2.05, 4.69) is 0 Å². The van der Waals surface area contributed by atoms with Crippen LogP contribution in [0.1, 0.15) is 25.8 Å². The molecule has 110 valence electrons. The minimum Gasteiger partial charge on any atom is -0.487 e. The normalized spacial score (nSPS) is 10.4. The van der Waals surface area contributed by atoms with Crippen molar-refractivity contribution in [2.75, 3.05) is 6.61 Å². The number of nitro groups is 1. The Labute approximate surface area is 117 Å². The van der Waals surface area contributed by atoms with Crippen LogP contribution in [0, 0.1) is 16.0 Å². The quantitative estimate of drug-likeness (QED) is 0.341. The SMILES string of the molecule is CC(C)CCOc1ccc(CC(=O)NN)cc1[N+](=O)[O-]. The number of carbonyl (C=O) groups is 1. The molecule has 1 rings (SSSR count). The Bertz CT molecular complexity index is 489. The van der Waals surface area contributed by atoms with Crippen molar-refractivity contribution in [2.24, 2.45) is 11.8 Å². The van der Waals surface area contributed by atoms with E-state index in [0.717, 1.165) is 6.42 Å². The van der Waals surface area contributed by atoms with Crippen molar-refractivity contribution in [3.8, 4) is 5.75 Å². The smallest absolute Gasteiger partial charge is 0.311 e. The fourth-order valence-corrected chi connectivity index (χ4v) is 1.58. The highest BCUT2D eigenvalue weighted by Crippen LogP contribution is 2.28. The molecule has 0 atom stereocenters. The van der Waals surface area contributed by atoms with Gasteiger partial charge in [-0.3, -0.25) is 20.3 Å². The zero-order valence-electron chi connectivity index (χ0n) is 11.6. The summed E-state index contributed by atoms with van der Waals surface area (Å²) >= 11 is 0. The Morgan fingerprint density at radius 2 is 2.20 bits per heavy atom. The predicted molar refractivity (Wildman–Crippen MR) is 74.1 cm³/mol. The second kappa shape index (κ2) is 7.44. The second-order valence-corrected chi connectivity index (χ2v) is 4.83. The number of nitrogens with two attached hydrogens (primary N) is 1. The van der Waals surface area contributed by atoms with E-state index >= 15 is 0 Å². The van der Waals surface area contributed by atoms with Crippen molar-refractivity contribution in [3.63, 3.8) is 0 Å². The molecule has 1 amide bonds. The molecule has 0 heterocycles. The van der Waals surface area contributed by atoms with Gasteiger partial charge in [-0.15, -0.1) is 0 Å². The van der Waals surface area contributed by atoms with Gasteiger partial charge in [0, 0.05) is 6.07 Å². The first-order valence-corrected chi connectivity index (χ1v) is 6.33. The van der Waals surface area contributed by atoms with Gasteiger partial charge in [-0.25, -0.2) is 5.84 Å². The number of nitro benzene ring substituents is 1. The topological polar surface area (TPSA) is 107 Å². The summed E-state index contributed by atoms with van der Waals surface area (Å²) < 4.78 is 5.43. The molecule has 1 aromatic rings. The summed E-state index contributed by atoms with van der Waals surface area (Å²) in [6, 6.07) is 4.46. The average molecular weight is 281 g/mol. The molecule has 3 N–H and O–H groups in total. The Morgan fingerprint density at radius 1 is 1.50 bits per heavy atom. The Kier molecular flexibility index (Phi) is 5.92. The van der Waals surface area contributed by atoms with Crippen LogP contribution in [0.25, 0.3) is 0 Å². The van der Waals surface area contributed by atoms with Gasteiger partial charge in [0.1, 0.15) is 0 Å². The van der Waals surface area contributed by atoms with Gasteiger partial charge in [-0.1, -0.05) is 19.9 Å². The van der Waals surface area contributed by atoms with E-state index in [-0.39, 0.29) is 17.9 Å². The van der Waals surface area contributed by atoms with E-state index in [1.165, 1.54) is 12.1 Å². The molecule has 0 saturated carbocycles. The number of hydrogen-bond acceptors (Lipinski definition) is 5. The third-order valence-corrected chi connectivity index (χ3v) is 2.70. The van der Waals surface area contributed by atoms with Crippen LogP contribution >= 0.6 is 0 Å². The number of hydrogen-bond donors (Lipinski definition) is 2. The van der Waals surface area contributed by atoms with Crippen LogP contribution in [0.5, 0.6) is 5.75 Å². The van der Waals surface area contributed by atoms with E-state index < -0.39 is 10.8 Å². The summed E-state index contributed by atoms with van der Waals surface area (Å²) in [6.45, 7) is 4.51. The lowest BCUT2D eigenvalue weighted by Crippen LogP contribution is -2.31. The second-order valence-electron chi connectivity index (χ2n) is 4.83. The van der Waals surface area contributed by atoms with E-state index in [1.807, 2.05) is 19.3 Å². The third-order valence-electron chi connectivity index (χ3n) is 2.70. The average Bonchev–Trinajstić information content (AvgIpc) is 2.39. The van der Waals surface area contributed by atoms with E-state index in [4.69, 9.17) is 10.6 Å². The maximum atomic E-state index is 11.2. The molecule has 0 bridgehead atoms. The number of ether oxygens (including phenoxy) is 1. The fourth-order valence-electron chi connectivity index (χ4n) is 1.58. The monoisotopic (exact) mass is 281 g/mol. The van der Waals surface area contributed by atoms with E-state index in [0.29, 0.717) is 18.1 Å². The first-order chi connectivity index (χ1) is 9.43. The van der Waals surface area contributed by atoms with Gasteiger partial charge in [0.25, 0.3) is 0 Å². The van der Waals surface area contributed by atoms with Crippen molar-refractivity contribution < 1.29 is 14.5 Å². The lowest BCUT2D eigenvalue weighted by Gasteiger charge is -2.09. The van der Waals surface area contributed by atoms with Crippen LogP contribution < -0.4 is 16.0 Å². The van der Waals surface area contributed by atoms with Gasteiger partial charge in [-0.05, 0) is 24.0 Å². The van der Waals surface area contributed by atoms with Crippen molar-refractivity contribution in [1.82, 2.24) is 5.43 Å². The molecule has 0 unspecified atom stereocenters. The van der Waals surface area contributed by atoms with Gasteiger partial charge in [0.2, 0.25) is 5.91 Å². The van der Waals surface area contributed by atoms with Gasteiger partial charge in [-0.2, -0.15) is 0 Å². The number of benzene rings is 1. The van der Waals surface area contributed by atoms with Gasteiger partial charge < -0.3 is 4.74 Å². The van der Waals surface area contributed by atoms with Crippen LogP contribution in [-0.4, -0.2) is 17.4 Å². The van der Waals surface area contributed by atoms with Crippen LogP contribution in [0.2, 0.25) is 0 Å². The van der Waals surface area contributed by atoms with Crippen molar-refractivity contribution in [1.29, 1.82) is 0 Å². The molecular formula is C13H19N3O4. The molecule has 0 aromatic heterocycles. The molecular weight excluding hydrogens is 262 g/mol. The molecule has 20 heavy (non-hydrogen) atoms. The largest absolute Gasteiger partial charge is 0.487 e. The predicted octanol–water partition coefficient (Wildman–Crippen LogP) is 1.55. The fraction of sp³-hybridized carbons (Fsp3) is 0.462. The summed E-state index contributed by atoms with van der Waals surface area (Å²) in [4.78, 5) is 21.7. The third kappa shape index (κ3) is 4.85. The van der Waals surface area contributed by atoms with Crippen molar-refractivity contribution in [3.05, 3.63) is 33.9 Å². The molecule has 7 nitrogen and oxygen atoms in total. The van der Waals surface area contributed by atoms with Gasteiger partial charge >= 0.3 is 5.69 Å². The summed E-state index contributed by atoms with van der Waals surface area (Å²) in [7, 11) is 0. The number of rotatable bonds is 7. The van der Waals surface area contributed by atoms with Gasteiger partial charge in [0.15, 0.2) is 5.75 Å². The summed E-state index contributed by atoms with van der Waals surface area (Å²) in [6.07, 6.45) is 0.804. The highest BCUT2D eigenvalue weighted by atomic mass is 16.6. The number of nitrogens with one attached hydrogen (secondary N) is 1. The number of nitrogens with zero attached hydrogens (tertiary/aromatic N) is 1. The molecule has 0 aliphatic carbocycles. The van der Waals surface area contributed by atoms with Crippen molar-refractivity contribution in [2.45, 2.75) is 26.7 Å². The highest BCUT2D eigenvalue weighted by molar-refractivity contribution is 5.78. The first kappa shape index (κ1) is 15.9. The Hall–Kier alpha value is -2.15. The van der Waals surface area contributed by atoms with Crippen LogP contribution in [0.3, 0.4) is 0 Å². The summed E-state index contributed by atoms with van der Waals surface area (Å²) in [5, 5.41) is 11.0. The number of carbonyl (C=O) groups excluding carboxylic acids is 1. The molecule has 0 aliphatic rings. The molecule has 0 saturated heterocycles. The standard InChI is InChI=1S/C13H19N3O4/c1-9(2)5-6-20-12-4-3-10(8-13(17)15-14)7-11(12)16(18)19/h3-4,7,9H,5-6,8,14H2,1-2H3,(H,15,17). The highest BCUT2D eigenvalue weighted by Gasteiger charge is 2.17. The van der Waals surface area contributed by atoms with Crippen LogP contribution in [-0.2, 0) is 11.2 Å². The lowest BCUT2D eigenvalue weighted by molar-refractivity contribution is -0.385. The maximum Gasteiger partial charge on any atom is 0.311 e. The van der Waals surface area contributed by atoms with E-state index in [9.17, 15) is 14.9 Å². The minimum absolute atomic E-state index is 0.0103. The molecule has 0 spiro atoms. The first-order valence-electron chi connectivity index (χ1n) is 6.33. The maximum absolute atomic E-state index is 11.2. The molecule has 7 heteroatoms. The summed E-state index contributed by atoms with van der Waals surface area (Å²) in [5.41, 5.74) is 2.35. The van der Waals surface area contributed by atoms with Crippen LogP contribution in [0.15, 0.2) is 18.2 Å². The zero-order chi connectivity index (χ0) is 15.1. The summed E-state index contributed by atoms with van der Waals surface area (Å²) in [5.74, 6) is 5.25. The molecule has 0 radical (unpaired) electrons. The van der Waals surface area contributed by atoms with Crippen molar-refractivity contribution >= 4 is 11.6 Å².